The Bertz CT molecular complexity index is 632. The fraction of sp³-hybridized carbons (Fsp3) is 0.579. The summed E-state index contributed by atoms with van der Waals surface area (Å²) in [5.41, 5.74) is 7.53. The molecule has 2 aliphatic rings. The second-order valence-electron chi connectivity index (χ2n) is 6.97. The number of benzene rings is 1. The molecule has 2 heterocycles. The molecule has 1 aromatic rings. The molecule has 0 aromatic heterocycles. The molecule has 2 aliphatic heterocycles. The molecule has 0 radical (unpaired) electrons. The van der Waals surface area contributed by atoms with E-state index in [1.165, 1.54) is 0 Å². The van der Waals surface area contributed by atoms with E-state index in [1.807, 2.05) is 29.2 Å². The molecule has 0 spiro atoms. The number of carbonyl (C=O) groups is 2. The van der Waals surface area contributed by atoms with Crippen molar-refractivity contribution in [3.63, 3.8) is 0 Å². The number of likely N-dealkylation sites (tertiary alicyclic amines) is 1. The monoisotopic (exact) mass is 381 g/mol. The Kier molecular flexibility index (Phi) is 7.43. The Morgan fingerprint density at radius 1 is 1.23 bits per heavy atom. The quantitative estimate of drug-likeness (QED) is 0.783. The molecule has 0 bridgehead atoms. The summed E-state index contributed by atoms with van der Waals surface area (Å²) >= 11 is 0. The maximum atomic E-state index is 12.7. The van der Waals surface area contributed by atoms with Gasteiger partial charge in [0.25, 0.3) is 0 Å². The van der Waals surface area contributed by atoms with Crippen LogP contribution in [0, 0.1) is 5.41 Å². The SMILES string of the molecule is Cl.NCC1(C(=O)NCc2ccccc2CN2CCCC2=O)CCOCC1. The molecular formula is C19H28ClN3O3. The van der Waals surface area contributed by atoms with Gasteiger partial charge in [0.05, 0.1) is 5.41 Å². The number of amides is 2. The molecule has 7 heteroatoms. The van der Waals surface area contributed by atoms with Crippen molar-refractivity contribution >= 4 is 24.2 Å². The molecule has 0 aliphatic carbocycles. The molecule has 6 nitrogen and oxygen atoms in total. The highest BCUT2D eigenvalue weighted by atomic mass is 35.5. The Balaban J connectivity index is 0.00000243. The minimum absolute atomic E-state index is 0. The highest BCUT2D eigenvalue weighted by Crippen LogP contribution is 2.29. The van der Waals surface area contributed by atoms with Crippen LogP contribution in [0.2, 0.25) is 0 Å². The van der Waals surface area contributed by atoms with Gasteiger partial charge in [0.15, 0.2) is 0 Å². The summed E-state index contributed by atoms with van der Waals surface area (Å²) < 4.78 is 5.37. The number of nitrogens with two attached hydrogens (primary N) is 1. The summed E-state index contributed by atoms with van der Waals surface area (Å²) in [5.74, 6) is 0.216. The number of rotatable bonds is 6. The van der Waals surface area contributed by atoms with Gasteiger partial charge >= 0.3 is 0 Å². The molecule has 0 unspecified atom stereocenters. The number of hydrogen-bond donors (Lipinski definition) is 2. The van der Waals surface area contributed by atoms with Crippen molar-refractivity contribution in [1.82, 2.24) is 10.2 Å². The third-order valence-electron chi connectivity index (χ3n) is 5.41. The van der Waals surface area contributed by atoms with Crippen LogP contribution in [0.15, 0.2) is 24.3 Å². The number of carbonyl (C=O) groups excluding carboxylic acids is 2. The number of nitrogens with zero attached hydrogens (tertiary/aromatic N) is 1. The van der Waals surface area contributed by atoms with Gasteiger partial charge in [0.1, 0.15) is 0 Å². The van der Waals surface area contributed by atoms with Crippen molar-refractivity contribution in [2.75, 3.05) is 26.3 Å². The minimum Gasteiger partial charge on any atom is -0.381 e. The standard InChI is InChI=1S/C19H27N3O3.ClH/c20-14-19(7-10-25-11-8-19)18(24)21-12-15-4-1-2-5-16(15)13-22-9-3-6-17(22)23;/h1-2,4-5H,3,6-14,20H2,(H,21,24);1H. The molecule has 2 amide bonds. The molecule has 1 aromatic carbocycles. The van der Waals surface area contributed by atoms with Gasteiger partial charge in [-0.15, -0.1) is 12.4 Å². The van der Waals surface area contributed by atoms with Crippen LogP contribution in [-0.2, 0) is 27.4 Å². The Labute approximate surface area is 160 Å². The average molecular weight is 382 g/mol. The summed E-state index contributed by atoms with van der Waals surface area (Å²) in [6.45, 7) is 3.39. The third kappa shape index (κ3) is 4.55. The van der Waals surface area contributed by atoms with E-state index in [2.05, 4.69) is 5.32 Å². The zero-order valence-corrected chi connectivity index (χ0v) is 15.9. The van der Waals surface area contributed by atoms with Crippen LogP contribution in [0.25, 0.3) is 0 Å². The highest BCUT2D eigenvalue weighted by Gasteiger charge is 2.38. The first-order chi connectivity index (χ1) is 12.1. The molecule has 3 rings (SSSR count). The van der Waals surface area contributed by atoms with Crippen LogP contribution in [0.1, 0.15) is 36.8 Å². The van der Waals surface area contributed by atoms with E-state index in [0.29, 0.717) is 52.1 Å². The van der Waals surface area contributed by atoms with Gasteiger partial charge in [0.2, 0.25) is 11.8 Å². The lowest BCUT2D eigenvalue weighted by atomic mass is 9.79. The predicted octanol–water partition coefficient (Wildman–Crippen LogP) is 1.60. The van der Waals surface area contributed by atoms with Crippen LogP contribution >= 0.6 is 12.4 Å². The average Bonchev–Trinajstić information content (AvgIpc) is 3.06. The maximum Gasteiger partial charge on any atom is 0.227 e. The van der Waals surface area contributed by atoms with Crippen molar-refractivity contribution in [3.05, 3.63) is 35.4 Å². The maximum absolute atomic E-state index is 12.7. The lowest BCUT2D eigenvalue weighted by molar-refractivity contribution is -0.136. The number of nitrogens with one attached hydrogen (secondary N) is 1. The lowest BCUT2D eigenvalue weighted by Crippen LogP contribution is -2.49. The van der Waals surface area contributed by atoms with E-state index in [4.69, 9.17) is 10.5 Å². The van der Waals surface area contributed by atoms with E-state index in [0.717, 1.165) is 24.1 Å². The van der Waals surface area contributed by atoms with Gasteiger partial charge in [-0.05, 0) is 30.4 Å². The van der Waals surface area contributed by atoms with E-state index >= 15 is 0 Å². The van der Waals surface area contributed by atoms with Crippen molar-refractivity contribution in [2.45, 2.75) is 38.8 Å². The first-order valence-corrected chi connectivity index (χ1v) is 9.05. The van der Waals surface area contributed by atoms with Crippen LogP contribution in [0.4, 0.5) is 0 Å². The fourth-order valence-corrected chi connectivity index (χ4v) is 3.61. The van der Waals surface area contributed by atoms with Gasteiger partial charge in [0, 0.05) is 45.8 Å². The zero-order chi connectivity index (χ0) is 17.7. The summed E-state index contributed by atoms with van der Waals surface area (Å²) in [5, 5.41) is 3.06. The summed E-state index contributed by atoms with van der Waals surface area (Å²) in [6.07, 6.45) is 2.90. The summed E-state index contributed by atoms with van der Waals surface area (Å²) in [4.78, 5) is 26.5. The fourth-order valence-electron chi connectivity index (χ4n) is 3.61. The zero-order valence-electron chi connectivity index (χ0n) is 15.0. The molecule has 3 N–H and O–H groups in total. The number of hydrogen-bond acceptors (Lipinski definition) is 4. The smallest absolute Gasteiger partial charge is 0.227 e. The van der Waals surface area contributed by atoms with E-state index in [1.54, 1.807) is 0 Å². The first-order valence-electron chi connectivity index (χ1n) is 9.05. The van der Waals surface area contributed by atoms with Crippen LogP contribution in [0.3, 0.4) is 0 Å². The second kappa shape index (κ2) is 9.35. The Hall–Kier alpha value is -1.63. The van der Waals surface area contributed by atoms with Gasteiger partial charge in [-0.25, -0.2) is 0 Å². The van der Waals surface area contributed by atoms with Crippen LogP contribution in [-0.4, -0.2) is 43.0 Å². The molecule has 2 fully saturated rings. The Morgan fingerprint density at radius 3 is 2.54 bits per heavy atom. The predicted molar refractivity (Wildman–Crippen MR) is 102 cm³/mol. The van der Waals surface area contributed by atoms with Crippen LogP contribution < -0.4 is 11.1 Å². The lowest BCUT2D eigenvalue weighted by Gasteiger charge is -2.34. The van der Waals surface area contributed by atoms with E-state index < -0.39 is 5.41 Å². The third-order valence-corrected chi connectivity index (χ3v) is 5.41. The van der Waals surface area contributed by atoms with Crippen molar-refractivity contribution < 1.29 is 14.3 Å². The highest BCUT2D eigenvalue weighted by molar-refractivity contribution is 5.85. The molecule has 2 saturated heterocycles. The largest absolute Gasteiger partial charge is 0.381 e. The second-order valence-corrected chi connectivity index (χ2v) is 6.97. The number of ether oxygens (including phenoxy) is 1. The normalized spacial score (nSPS) is 19.1. The van der Waals surface area contributed by atoms with Gasteiger partial charge < -0.3 is 20.7 Å². The molecule has 26 heavy (non-hydrogen) atoms. The summed E-state index contributed by atoms with van der Waals surface area (Å²) in [6, 6.07) is 7.97. The number of halogens is 1. The summed E-state index contributed by atoms with van der Waals surface area (Å²) in [7, 11) is 0. The van der Waals surface area contributed by atoms with Crippen molar-refractivity contribution in [3.8, 4) is 0 Å². The minimum atomic E-state index is -0.516. The van der Waals surface area contributed by atoms with E-state index in [9.17, 15) is 9.59 Å². The van der Waals surface area contributed by atoms with E-state index in [-0.39, 0.29) is 24.2 Å². The van der Waals surface area contributed by atoms with Crippen molar-refractivity contribution in [2.24, 2.45) is 11.1 Å². The molecular weight excluding hydrogens is 354 g/mol. The van der Waals surface area contributed by atoms with Crippen LogP contribution in [0.5, 0.6) is 0 Å². The van der Waals surface area contributed by atoms with Crippen molar-refractivity contribution in [1.29, 1.82) is 0 Å². The van der Waals surface area contributed by atoms with Gasteiger partial charge in [-0.3, -0.25) is 9.59 Å². The first kappa shape index (κ1) is 20.7. The van der Waals surface area contributed by atoms with Gasteiger partial charge in [-0.1, -0.05) is 24.3 Å². The Morgan fingerprint density at radius 2 is 1.92 bits per heavy atom. The molecule has 144 valence electrons. The topological polar surface area (TPSA) is 84.7 Å². The molecule has 0 atom stereocenters. The molecule has 0 saturated carbocycles. The van der Waals surface area contributed by atoms with Gasteiger partial charge in [-0.2, -0.15) is 0 Å².